The molecule has 2 aromatic heterocycles. The quantitative estimate of drug-likeness (QED) is 0.512. The number of nitrogens with one attached hydrogen (secondary N) is 1. The van der Waals surface area contributed by atoms with Crippen molar-refractivity contribution in [1.82, 2.24) is 19.7 Å². The molecule has 0 saturated carbocycles. The highest BCUT2D eigenvalue weighted by atomic mass is 32.2. The fourth-order valence-electron chi connectivity index (χ4n) is 3.27. The molecule has 0 unspecified atom stereocenters. The molecule has 0 aliphatic heterocycles. The fraction of sp³-hybridized carbons (Fsp3) is 0.238. The summed E-state index contributed by atoms with van der Waals surface area (Å²) in [5.41, 5.74) is 5.75. The van der Waals surface area contributed by atoms with E-state index in [4.69, 9.17) is 0 Å². The molecular formula is C21H21N5OS. The zero-order valence-corrected chi connectivity index (χ0v) is 16.9. The van der Waals surface area contributed by atoms with Crippen molar-refractivity contribution in [2.75, 3.05) is 11.1 Å². The molecule has 0 aliphatic rings. The Labute approximate surface area is 167 Å². The van der Waals surface area contributed by atoms with Crippen LogP contribution in [0.15, 0.2) is 47.6 Å². The van der Waals surface area contributed by atoms with E-state index in [1.165, 1.54) is 11.8 Å². The molecule has 6 nitrogen and oxygen atoms in total. The van der Waals surface area contributed by atoms with Crippen molar-refractivity contribution >= 4 is 45.4 Å². The molecule has 0 radical (unpaired) electrons. The van der Waals surface area contributed by atoms with Crippen LogP contribution < -0.4 is 5.32 Å². The maximum Gasteiger partial charge on any atom is 0.234 e. The van der Waals surface area contributed by atoms with E-state index in [0.717, 1.165) is 45.4 Å². The van der Waals surface area contributed by atoms with Crippen LogP contribution in [0.3, 0.4) is 0 Å². The van der Waals surface area contributed by atoms with Gasteiger partial charge in [-0.3, -0.25) is 4.79 Å². The summed E-state index contributed by atoms with van der Waals surface area (Å²) in [6, 6.07) is 14.0. The third kappa shape index (κ3) is 3.33. The number of hydrogen-bond acceptors (Lipinski definition) is 5. The van der Waals surface area contributed by atoms with Crippen molar-refractivity contribution in [3.8, 4) is 0 Å². The molecule has 142 valence electrons. The molecule has 1 N–H and O–H groups in total. The van der Waals surface area contributed by atoms with E-state index in [1.807, 2.05) is 50.2 Å². The highest BCUT2D eigenvalue weighted by Crippen LogP contribution is 2.27. The first-order valence-corrected chi connectivity index (χ1v) is 10.2. The lowest BCUT2D eigenvalue weighted by Crippen LogP contribution is -2.15. The van der Waals surface area contributed by atoms with Gasteiger partial charge < -0.3 is 9.88 Å². The van der Waals surface area contributed by atoms with Crippen molar-refractivity contribution in [2.45, 2.75) is 32.5 Å². The lowest BCUT2D eigenvalue weighted by atomic mass is 10.1. The number of aryl methyl sites for hydroxylation is 2. The predicted octanol–water partition coefficient (Wildman–Crippen LogP) is 4.35. The largest absolute Gasteiger partial charge is 0.325 e. The molecule has 28 heavy (non-hydrogen) atoms. The van der Waals surface area contributed by atoms with Crippen LogP contribution in [0.5, 0.6) is 0 Å². The monoisotopic (exact) mass is 391 g/mol. The average molecular weight is 392 g/mol. The number of aromatic nitrogens is 4. The molecule has 0 bridgehead atoms. The van der Waals surface area contributed by atoms with Crippen molar-refractivity contribution in [2.24, 2.45) is 0 Å². The number of carbonyl (C=O) groups excluding carboxylic acids is 1. The van der Waals surface area contributed by atoms with Gasteiger partial charge >= 0.3 is 0 Å². The van der Waals surface area contributed by atoms with Crippen molar-refractivity contribution in [1.29, 1.82) is 0 Å². The number of benzene rings is 2. The van der Waals surface area contributed by atoms with Crippen molar-refractivity contribution in [3.05, 3.63) is 53.6 Å². The smallest absolute Gasteiger partial charge is 0.234 e. The molecule has 0 atom stereocenters. The Hall–Kier alpha value is -2.93. The lowest BCUT2D eigenvalue weighted by Gasteiger charge is -2.09. The first-order valence-electron chi connectivity index (χ1n) is 9.19. The Morgan fingerprint density at radius 2 is 1.93 bits per heavy atom. The minimum absolute atomic E-state index is 0.0848. The van der Waals surface area contributed by atoms with Crippen LogP contribution in [0.25, 0.3) is 22.1 Å². The molecule has 2 heterocycles. The Morgan fingerprint density at radius 3 is 2.75 bits per heavy atom. The summed E-state index contributed by atoms with van der Waals surface area (Å²) in [7, 11) is 0. The number of anilines is 1. The Bertz CT molecular complexity index is 1180. The second-order valence-corrected chi connectivity index (χ2v) is 7.55. The van der Waals surface area contributed by atoms with Gasteiger partial charge in [-0.25, -0.2) is 4.98 Å². The summed E-state index contributed by atoms with van der Waals surface area (Å²) in [6.45, 7) is 6.91. The van der Waals surface area contributed by atoms with Crippen LogP contribution in [0, 0.1) is 13.8 Å². The number of carbonyl (C=O) groups is 1. The van der Waals surface area contributed by atoms with Gasteiger partial charge in [0, 0.05) is 17.6 Å². The third-order valence-corrected chi connectivity index (χ3v) is 5.72. The maximum atomic E-state index is 12.4. The molecule has 2 aromatic carbocycles. The number of rotatable bonds is 5. The van der Waals surface area contributed by atoms with Gasteiger partial charge in [0.15, 0.2) is 5.65 Å². The standard InChI is InChI=1S/C21H21N5OS/c1-4-26-17-11-6-5-9-15(17)19-20(26)23-21(25-24-19)28-12-18(27)22-16-10-7-8-13(2)14(16)3/h5-11H,4,12H2,1-3H3,(H,22,27). The number of nitrogens with zero attached hydrogens (tertiary/aromatic N) is 4. The van der Waals surface area contributed by atoms with Gasteiger partial charge in [0.05, 0.1) is 11.3 Å². The van der Waals surface area contributed by atoms with E-state index in [9.17, 15) is 4.79 Å². The number of amides is 1. The topological polar surface area (TPSA) is 72.7 Å². The van der Waals surface area contributed by atoms with E-state index in [1.54, 1.807) is 0 Å². The summed E-state index contributed by atoms with van der Waals surface area (Å²) < 4.78 is 2.12. The first-order chi connectivity index (χ1) is 13.6. The maximum absolute atomic E-state index is 12.4. The number of para-hydroxylation sites is 1. The minimum Gasteiger partial charge on any atom is -0.325 e. The summed E-state index contributed by atoms with van der Waals surface area (Å²) in [5.74, 6) is 0.144. The summed E-state index contributed by atoms with van der Waals surface area (Å²) in [4.78, 5) is 17.0. The highest BCUT2D eigenvalue weighted by molar-refractivity contribution is 7.99. The number of thioether (sulfide) groups is 1. The Balaban J connectivity index is 1.54. The lowest BCUT2D eigenvalue weighted by molar-refractivity contribution is -0.113. The first kappa shape index (κ1) is 18.4. The van der Waals surface area contributed by atoms with Crippen LogP contribution in [0.4, 0.5) is 5.69 Å². The normalized spacial score (nSPS) is 11.2. The molecule has 0 fully saturated rings. The van der Waals surface area contributed by atoms with Crippen LogP contribution in [-0.4, -0.2) is 31.4 Å². The van der Waals surface area contributed by atoms with Crippen LogP contribution in [0.1, 0.15) is 18.1 Å². The third-order valence-electron chi connectivity index (χ3n) is 4.88. The summed E-state index contributed by atoms with van der Waals surface area (Å²) >= 11 is 1.29. The highest BCUT2D eigenvalue weighted by Gasteiger charge is 2.14. The second kappa shape index (κ2) is 7.59. The van der Waals surface area contributed by atoms with Gasteiger partial charge in [-0.05, 0) is 44.0 Å². The molecule has 0 spiro atoms. The van der Waals surface area contributed by atoms with Crippen LogP contribution in [-0.2, 0) is 11.3 Å². The van der Waals surface area contributed by atoms with E-state index in [-0.39, 0.29) is 11.7 Å². The fourth-order valence-corrected chi connectivity index (χ4v) is 3.86. The number of fused-ring (bicyclic) bond motifs is 3. The zero-order chi connectivity index (χ0) is 19.7. The molecule has 0 saturated heterocycles. The SMILES string of the molecule is CCn1c2ccccc2c2nnc(SCC(=O)Nc3cccc(C)c3C)nc21. The van der Waals surface area contributed by atoms with E-state index in [0.29, 0.717) is 5.16 Å². The Kier molecular flexibility index (Phi) is 5.00. The average Bonchev–Trinajstić information content (AvgIpc) is 3.03. The molecule has 7 heteroatoms. The van der Waals surface area contributed by atoms with E-state index in [2.05, 4.69) is 38.1 Å². The molecule has 1 amide bonds. The number of hydrogen-bond donors (Lipinski definition) is 1. The van der Waals surface area contributed by atoms with Gasteiger partial charge in [0.1, 0.15) is 5.52 Å². The Morgan fingerprint density at radius 1 is 1.11 bits per heavy atom. The van der Waals surface area contributed by atoms with Gasteiger partial charge in [0.2, 0.25) is 11.1 Å². The molecule has 4 rings (SSSR count). The van der Waals surface area contributed by atoms with E-state index >= 15 is 0 Å². The van der Waals surface area contributed by atoms with E-state index < -0.39 is 0 Å². The molecular weight excluding hydrogens is 370 g/mol. The van der Waals surface area contributed by atoms with Gasteiger partial charge in [-0.1, -0.05) is 42.1 Å². The van der Waals surface area contributed by atoms with Crippen molar-refractivity contribution < 1.29 is 4.79 Å². The van der Waals surface area contributed by atoms with Crippen molar-refractivity contribution in [3.63, 3.8) is 0 Å². The molecule has 4 aromatic rings. The summed E-state index contributed by atoms with van der Waals surface area (Å²) in [6.07, 6.45) is 0. The summed E-state index contributed by atoms with van der Waals surface area (Å²) in [5, 5.41) is 13.1. The minimum atomic E-state index is -0.0848. The predicted molar refractivity (Wildman–Crippen MR) is 114 cm³/mol. The van der Waals surface area contributed by atoms with Crippen LogP contribution >= 0.6 is 11.8 Å². The second-order valence-electron chi connectivity index (χ2n) is 6.61. The van der Waals surface area contributed by atoms with Gasteiger partial charge in [0.25, 0.3) is 0 Å². The van der Waals surface area contributed by atoms with Gasteiger partial charge in [-0.2, -0.15) is 0 Å². The van der Waals surface area contributed by atoms with Gasteiger partial charge in [-0.15, -0.1) is 10.2 Å². The zero-order valence-electron chi connectivity index (χ0n) is 16.1. The van der Waals surface area contributed by atoms with Crippen LogP contribution in [0.2, 0.25) is 0 Å². The molecule has 0 aliphatic carbocycles.